The van der Waals surface area contributed by atoms with E-state index in [-0.39, 0.29) is 18.4 Å². The minimum Gasteiger partial charge on any atom is -0.346 e. The molecule has 0 aliphatic heterocycles. The average molecular weight is 278 g/mol. The highest BCUT2D eigenvalue weighted by Crippen LogP contribution is 2.16. The lowest BCUT2D eigenvalue weighted by molar-refractivity contribution is -0.121. The molecular formula is C14H16ClN3O. The summed E-state index contributed by atoms with van der Waals surface area (Å²) in [5.74, 6) is 0.680. The number of halogens is 1. The Kier molecular flexibility index (Phi) is 4.22. The number of carbonyl (C=O) groups excluding carboxylic acids is 1. The molecule has 19 heavy (non-hydrogen) atoms. The van der Waals surface area contributed by atoms with E-state index < -0.39 is 0 Å². The first-order valence-corrected chi connectivity index (χ1v) is 6.48. The van der Waals surface area contributed by atoms with Crippen molar-refractivity contribution in [2.75, 3.05) is 0 Å². The third kappa shape index (κ3) is 3.58. The number of rotatable bonds is 4. The molecule has 0 spiro atoms. The molecule has 2 N–H and O–H groups in total. The molecular weight excluding hydrogens is 262 g/mol. The SMILES string of the molecule is Cc1cnc([C@@H](C)NC(=O)Cc2ccccc2Cl)[nH]1. The molecule has 1 aromatic carbocycles. The molecule has 1 atom stereocenters. The van der Waals surface area contributed by atoms with Crippen molar-refractivity contribution in [1.82, 2.24) is 15.3 Å². The highest BCUT2D eigenvalue weighted by Gasteiger charge is 2.13. The Balaban J connectivity index is 1.96. The lowest BCUT2D eigenvalue weighted by atomic mass is 10.1. The molecule has 4 nitrogen and oxygen atoms in total. The minimum atomic E-state index is -0.149. The number of nitrogens with one attached hydrogen (secondary N) is 2. The van der Waals surface area contributed by atoms with Crippen molar-refractivity contribution >= 4 is 17.5 Å². The molecule has 0 aliphatic rings. The molecule has 0 aliphatic carbocycles. The van der Waals surface area contributed by atoms with Crippen LogP contribution >= 0.6 is 11.6 Å². The molecule has 5 heteroatoms. The summed E-state index contributed by atoms with van der Waals surface area (Å²) in [6.45, 7) is 3.82. The van der Waals surface area contributed by atoms with E-state index >= 15 is 0 Å². The lowest BCUT2D eigenvalue weighted by Crippen LogP contribution is -2.28. The van der Waals surface area contributed by atoms with Crippen LogP contribution < -0.4 is 5.32 Å². The van der Waals surface area contributed by atoms with Crippen LogP contribution in [0.2, 0.25) is 5.02 Å². The molecule has 0 radical (unpaired) electrons. The van der Waals surface area contributed by atoms with Gasteiger partial charge in [0.25, 0.3) is 0 Å². The molecule has 1 amide bonds. The number of imidazole rings is 1. The lowest BCUT2D eigenvalue weighted by Gasteiger charge is -2.12. The van der Waals surface area contributed by atoms with Crippen LogP contribution in [0.15, 0.2) is 30.5 Å². The van der Waals surface area contributed by atoms with Gasteiger partial charge in [-0.05, 0) is 25.5 Å². The molecule has 1 aromatic heterocycles. The van der Waals surface area contributed by atoms with Crippen LogP contribution in [0.25, 0.3) is 0 Å². The predicted octanol–water partition coefficient (Wildman–Crippen LogP) is 2.79. The number of aryl methyl sites for hydroxylation is 1. The van der Waals surface area contributed by atoms with Crippen molar-refractivity contribution in [1.29, 1.82) is 0 Å². The van der Waals surface area contributed by atoms with Crippen LogP contribution in [-0.4, -0.2) is 15.9 Å². The third-order valence-corrected chi connectivity index (χ3v) is 3.19. The van der Waals surface area contributed by atoms with E-state index in [2.05, 4.69) is 15.3 Å². The van der Waals surface area contributed by atoms with Gasteiger partial charge in [-0.15, -0.1) is 0 Å². The van der Waals surface area contributed by atoms with Crippen molar-refractivity contribution in [2.24, 2.45) is 0 Å². The topological polar surface area (TPSA) is 57.8 Å². The quantitative estimate of drug-likeness (QED) is 0.903. The van der Waals surface area contributed by atoms with Crippen LogP contribution in [0, 0.1) is 6.92 Å². The zero-order chi connectivity index (χ0) is 13.8. The number of hydrogen-bond donors (Lipinski definition) is 2. The van der Waals surface area contributed by atoms with Gasteiger partial charge in [-0.2, -0.15) is 0 Å². The van der Waals surface area contributed by atoms with E-state index in [9.17, 15) is 4.79 Å². The van der Waals surface area contributed by atoms with E-state index in [4.69, 9.17) is 11.6 Å². The Morgan fingerprint density at radius 2 is 2.21 bits per heavy atom. The van der Waals surface area contributed by atoms with E-state index in [0.29, 0.717) is 5.02 Å². The molecule has 0 unspecified atom stereocenters. The minimum absolute atomic E-state index is 0.0744. The predicted molar refractivity (Wildman–Crippen MR) is 75.0 cm³/mol. The van der Waals surface area contributed by atoms with Crippen LogP contribution in [0.4, 0.5) is 0 Å². The van der Waals surface area contributed by atoms with Crippen molar-refractivity contribution in [3.8, 4) is 0 Å². The maximum atomic E-state index is 11.9. The fraction of sp³-hybridized carbons (Fsp3) is 0.286. The molecule has 2 aromatic rings. The van der Waals surface area contributed by atoms with Gasteiger partial charge in [0.1, 0.15) is 5.82 Å². The Bertz CT molecular complexity index is 580. The van der Waals surface area contributed by atoms with E-state index in [0.717, 1.165) is 17.1 Å². The summed E-state index contributed by atoms with van der Waals surface area (Å²) in [6.07, 6.45) is 2.01. The number of nitrogens with zero attached hydrogens (tertiary/aromatic N) is 1. The molecule has 100 valence electrons. The van der Waals surface area contributed by atoms with E-state index in [1.54, 1.807) is 12.3 Å². The van der Waals surface area contributed by atoms with Gasteiger partial charge in [0.15, 0.2) is 0 Å². The van der Waals surface area contributed by atoms with Crippen molar-refractivity contribution < 1.29 is 4.79 Å². The van der Waals surface area contributed by atoms with Crippen molar-refractivity contribution in [3.05, 3.63) is 52.6 Å². The Morgan fingerprint density at radius 1 is 1.47 bits per heavy atom. The van der Waals surface area contributed by atoms with Crippen LogP contribution in [-0.2, 0) is 11.2 Å². The first-order valence-electron chi connectivity index (χ1n) is 6.10. The Morgan fingerprint density at radius 3 is 2.84 bits per heavy atom. The summed E-state index contributed by atoms with van der Waals surface area (Å²) >= 11 is 6.03. The monoisotopic (exact) mass is 277 g/mol. The van der Waals surface area contributed by atoms with Gasteiger partial charge in [-0.3, -0.25) is 4.79 Å². The first-order chi connectivity index (χ1) is 9.06. The second kappa shape index (κ2) is 5.89. The maximum Gasteiger partial charge on any atom is 0.225 e. The number of amides is 1. The van der Waals surface area contributed by atoms with Gasteiger partial charge < -0.3 is 10.3 Å². The number of carbonyl (C=O) groups is 1. The third-order valence-electron chi connectivity index (χ3n) is 2.82. The zero-order valence-electron chi connectivity index (χ0n) is 10.9. The number of benzene rings is 1. The molecule has 0 fully saturated rings. The standard InChI is InChI=1S/C14H16ClN3O/c1-9-8-16-14(17-9)10(2)18-13(19)7-11-5-3-4-6-12(11)15/h3-6,8,10H,7H2,1-2H3,(H,16,17)(H,18,19)/t10-/m1/s1. The van der Waals surface area contributed by atoms with E-state index in [1.807, 2.05) is 32.0 Å². The van der Waals surface area contributed by atoms with Crippen LogP contribution in [0.1, 0.15) is 30.0 Å². The molecule has 0 saturated carbocycles. The number of hydrogen-bond acceptors (Lipinski definition) is 2. The number of aromatic amines is 1. The van der Waals surface area contributed by atoms with Crippen molar-refractivity contribution in [2.45, 2.75) is 26.3 Å². The fourth-order valence-electron chi connectivity index (χ4n) is 1.83. The summed E-state index contributed by atoms with van der Waals surface area (Å²) in [5.41, 5.74) is 1.80. The summed E-state index contributed by atoms with van der Waals surface area (Å²) in [6, 6.07) is 7.20. The first kappa shape index (κ1) is 13.6. The number of H-pyrrole nitrogens is 1. The summed E-state index contributed by atoms with van der Waals surface area (Å²) in [7, 11) is 0. The molecule has 0 saturated heterocycles. The van der Waals surface area contributed by atoms with Crippen LogP contribution in [0.5, 0.6) is 0 Å². The van der Waals surface area contributed by atoms with Gasteiger partial charge in [0.2, 0.25) is 5.91 Å². The van der Waals surface area contributed by atoms with Gasteiger partial charge in [-0.25, -0.2) is 4.98 Å². The van der Waals surface area contributed by atoms with E-state index in [1.165, 1.54) is 0 Å². The second-order valence-electron chi connectivity index (χ2n) is 4.51. The van der Waals surface area contributed by atoms with Crippen LogP contribution in [0.3, 0.4) is 0 Å². The Labute approximate surface area is 117 Å². The van der Waals surface area contributed by atoms with Gasteiger partial charge >= 0.3 is 0 Å². The highest BCUT2D eigenvalue weighted by molar-refractivity contribution is 6.31. The molecule has 1 heterocycles. The fourth-order valence-corrected chi connectivity index (χ4v) is 2.03. The molecule has 0 bridgehead atoms. The summed E-state index contributed by atoms with van der Waals surface area (Å²) in [5, 5.41) is 3.50. The molecule has 2 rings (SSSR count). The largest absolute Gasteiger partial charge is 0.346 e. The van der Waals surface area contributed by atoms with Crippen molar-refractivity contribution in [3.63, 3.8) is 0 Å². The number of aromatic nitrogens is 2. The summed E-state index contributed by atoms with van der Waals surface area (Å²) in [4.78, 5) is 19.2. The second-order valence-corrected chi connectivity index (χ2v) is 4.92. The normalized spacial score (nSPS) is 12.2. The van der Waals surface area contributed by atoms with Gasteiger partial charge in [0.05, 0.1) is 12.5 Å². The Hall–Kier alpha value is -1.81. The van der Waals surface area contributed by atoms with Gasteiger partial charge in [-0.1, -0.05) is 29.8 Å². The average Bonchev–Trinajstić information content (AvgIpc) is 2.79. The highest BCUT2D eigenvalue weighted by atomic mass is 35.5. The maximum absolute atomic E-state index is 11.9. The smallest absolute Gasteiger partial charge is 0.225 e. The summed E-state index contributed by atoms with van der Waals surface area (Å²) < 4.78 is 0. The zero-order valence-corrected chi connectivity index (χ0v) is 11.7. The van der Waals surface area contributed by atoms with Gasteiger partial charge in [0, 0.05) is 16.9 Å².